The molecule has 1 saturated carbocycles. The highest BCUT2D eigenvalue weighted by atomic mass is 15.2. The van der Waals surface area contributed by atoms with Gasteiger partial charge in [-0.1, -0.05) is 6.92 Å². The van der Waals surface area contributed by atoms with Crippen LogP contribution in [0.2, 0.25) is 0 Å². The molecule has 0 radical (unpaired) electrons. The molecule has 0 aromatic heterocycles. The summed E-state index contributed by atoms with van der Waals surface area (Å²) in [7, 11) is 2.11. The molecule has 1 N–H and O–H groups in total. The molecule has 0 spiro atoms. The lowest BCUT2D eigenvalue weighted by Crippen LogP contribution is -2.38. The van der Waals surface area contributed by atoms with E-state index < -0.39 is 0 Å². The molecule has 0 amide bonds. The fourth-order valence-corrected chi connectivity index (χ4v) is 3.30. The van der Waals surface area contributed by atoms with E-state index in [4.69, 9.17) is 0 Å². The third kappa shape index (κ3) is 1.96. The van der Waals surface area contributed by atoms with E-state index in [2.05, 4.69) is 24.2 Å². The molecular formula is C12H24N2. The molecule has 2 heteroatoms. The Kier molecular flexibility index (Phi) is 3.45. The van der Waals surface area contributed by atoms with Gasteiger partial charge in [0.25, 0.3) is 0 Å². The molecule has 0 aromatic carbocycles. The SMILES string of the molecule is CCC1CCCN1C1CCC(NC)C1. The number of hydrogen-bond donors (Lipinski definition) is 1. The Balaban J connectivity index is 1.89. The number of nitrogens with one attached hydrogen (secondary N) is 1. The quantitative estimate of drug-likeness (QED) is 0.743. The molecule has 1 aliphatic heterocycles. The molecular weight excluding hydrogens is 172 g/mol. The highest BCUT2D eigenvalue weighted by Crippen LogP contribution is 2.31. The van der Waals surface area contributed by atoms with Gasteiger partial charge in [0.1, 0.15) is 0 Å². The topological polar surface area (TPSA) is 15.3 Å². The summed E-state index contributed by atoms with van der Waals surface area (Å²) >= 11 is 0. The van der Waals surface area contributed by atoms with E-state index in [1.807, 2.05) is 0 Å². The summed E-state index contributed by atoms with van der Waals surface area (Å²) in [5.41, 5.74) is 0. The van der Waals surface area contributed by atoms with Gasteiger partial charge in [-0.15, -0.1) is 0 Å². The lowest BCUT2D eigenvalue weighted by Gasteiger charge is -2.30. The lowest BCUT2D eigenvalue weighted by molar-refractivity contribution is 0.176. The highest BCUT2D eigenvalue weighted by Gasteiger charge is 2.34. The molecule has 82 valence electrons. The van der Waals surface area contributed by atoms with Gasteiger partial charge >= 0.3 is 0 Å². The van der Waals surface area contributed by atoms with Crippen molar-refractivity contribution in [2.24, 2.45) is 0 Å². The minimum Gasteiger partial charge on any atom is -0.317 e. The van der Waals surface area contributed by atoms with Gasteiger partial charge in [0.2, 0.25) is 0 Å². The first-order valence-electron chi connectivity index (χ1n) is 6.28. The van der Waals surface area contributed by atoms with Crippen LogP contribution < -0.4 is 5.32 Å². The summed E-state index contributed by atoms with van der Waals surface area (Å²) in [6.45, 7) is 3.70. The third-order valence-electron chi connectivity index (χ3n) is 4.18. The number of rotatable bonds is 3. The van der Waals surface area contributed by atoms with Crippen LogP contribution in [0.15, 0.2) is 0 Å². The second-order valence-electron chi connectivity index (χ2n) is 4.89. The maximum absolute atomic E-state index is 3.42. The summed E-state index contributed by atoms with van der Waals surface area (Å²) in [6, 6.07) is 2.58. The predicted molar refractivity (Wildman–Crippen MR) is 60.5 cm³/mol. The van der Waals surface area contributed by atoms with Gasteiger partial charge in [-0.2, -0.15) is 0 Å². The first-order chi connectivity index (χ1) is 6.85. The van der Waals surface area contributed by atoms with Crippen LogP contribution in [-0.2, 0) is 0 Å². The highest BCUT2D eigenvalue weighted by molar-refractivity contribution is 4.91. The fourth-order valence-electron chi connectivity index (χ4n) is 3.30. The summed E-state index contributed by atoms with van der Waals surface area (Å²) < 4.78 is 0. The Labute approximate surface area is 88.1 Å². The maximum Gasteiger partial charge on any atom is 0.0114 e. The Morgan fingerprint density at radius 1 is 1.29 bits per heavy atom. The second kappa shape index (κ2) is 4.63. The zero-order valence-corrected chi connectivity index (χ0v) is 9.63. The molecule has 3 unspecified atom stereocenters. The van der Waals surface area contributed by atoms with E-state index in [0.717, 1.165) is 18.1 Å². The molecule has 2 aliphatic rings. The van der Waals surface area contributed by atoms with Gasteiger partial charge in [0, 0.05) is 18.1 Å². The summed E-state index contributed by atoms with van der Waals surface area (Å²) in [4.78, 5) is 2.79. The summed E-state index contributed by atoms with van der Waals surface area (Å²) in [5.74, 6) is 0. The van der Waals surface area contributed by atoms with Crippen LogP contribution in [0, 0.1) is 0 Å². The van der Waals surface area contributed by atoms with Crippen LogP contribution in [0.3, 0.4) is 0 Å². The Bertz CT molecular complexity index is 181. The largest absolute Gasteiger partial charge is 0.317 e. The first-order valence-corrected chi connectivity index (χ1v) is 6.28. The van der Waals surface area contributed by atoms with Gasteiger partial charge in [0.05, 0.1) is 0 Å². The standard InChI is InChI=1S/C12H24N2/c1-3-11-5-4-8-14(11)12-7-6-10(9-12)13-2/h10-13H,3-9H2,1-2H3. The molecule has 1 saturated heterocycles. The van der Waals surface area contributed by atoms with E-state index in [9.17, 15) is 0 Å². The Hall–Kier alpha value is -0.0800. The smallest absolute Gasteiger partial charge is 0.0114 e. The van der Waals surface area contributed by atoms with E-state index in [1.165, 1.54) is 45.1 Å². The molecule has 0 bridgehead atoms. The molecule has 3 atom stereocenters. The lowest BCUT2D eigenvalue weighted by atomic mass is 10.1. The van der Waals surface area contributed by atoms with Crippen molar-refractivity contribution in [2.45, 2.75) is 63.6 Å². The molecule has 2 nitrogen and oxygen atoms in total. The van der Waals surface area contributed by atoms with Gasteiger partial charge in [-0.05, 0) is 52.1 Å². The molecule has 14 heavy (non-hydrogen) atoms. The number of nitrogens with zero attached hydrogens (tertiary/aromatic N) is 1. The van der Waals surface area contributed by atoms with E-state index in [0.29, 0.717) is 0 Å². The normalized spacial score (nSPS) is 39.4. The van der Waals surface area contributed by atoms with E-state index >= 15 is 0 Å². The number of hydrogen-bond acceptors (Lipinski definition) is 2. The minimum absolute atomic E-state index is 0.790. The van der Waals surface area contributed by atoms with Gasteiger partial charge in [0.15, 0.2) is 0 Å². The van der Waals surface area contributed by atoms with Crippen molar-refractivity contribution in [3.63, 3.8) is 0 Å². The first kappa shape index (κ1) is 10.4. The minimum atomic E-state index is 0.790. The molecule has 2 rings (SSSR count). The van der Waals surface area contributed by atoms with Crippen molar-refractivity contribution in [2.75, 3.05) is 13.6 Å². The predicted octanol–water partition coefficient (Wildman–Crippen LogP) is 2.00. The van der Waals surface area contributed by atoms with Crippen LogP contribution in [0.25, 0.3) is 0 Å². The van der Waals surface area contributed by atoms with Gasteiger partial charge in [-0.25, -0.2) is 0 Å². The van der Waals surface area contributed by atoms with Crippen LogP contribution >= 0.6 is 0 Å². The maximum atomic E-state index is 3.42. The van der Waals surface area contributed by atoms with Crippen molar-refractivity contribution < 1.29 is 0 Å². The fraction of sp³-hybridized carbons (Fsp3) is 1.00. The van der Waals surface area contributed by atoms with Crippen LogP contribution in [-0.4, -0.2) is 36.6 Å². The Morgan fingerprint density at radius 2 is 2.14 bits per heavy atom. The van der Waals surface area contributed by atoms with Crippen LogP contribution in [0.1, 0.15) is 45.4 Å². The van der Waals surface area contributed by atoms with Crippen molar-refractivity contribution in [3.05, 3.63) is 0 Å². The average molecular weight is 196 g/mol. The van der Waals surface area contributed by atoms with E-state index in [1.54, 1.807) is 0 Å². The Morgan fingerprint density at radius 3 is 2.79 bits per heavy atom. The number of likely N-dealkylation sites (tertiary alicyclic amines) is 1. The second-order valence-corrected chi connectivity index (χ2v) is 4.89. The molecule has 0 aromatic rings. The monoisotopic (exact) mass is 196 g/mol. The zero-order valence-electron chi connectivity index (χ0n) is 9.63. The molecule has 2 fully saturated rings. The van der Waals surface area contributed by atoms with Crippen LogP contribution in [0.5, 0.6) is 0 Å². The molecule has 1 aliphatic carbocycles. The third-order valence-corrected chi connectivity index (χ3v) is 4.18. The van der Waals surface area contributed by atoms with Crippen molar-refractivity contribution in [3.8, 4) is 0 Å². The van der Waals surface area contributed by atoms with Crippen molar-refractivity contribution in [1.82, 2.24) is 10.2 Å². The van der Waals surface area contributed by atoms with Crippen molar-refractivity contribution in [1.29, 1.82) is 0 Å². The molecule has 1 heterocycles. The van der Waals surface area contributed by atoms with E-state index in [-0.39, 0.29) is 0 Å². The van der Waals surface area contributed by atoms with Crippen LogP contribution in [0.4, 0.5) is 0 Å². The summed E-state index contributed by atoms with van der Waals surface area (Å²) in [6.07, 6.45) is 8.40. The van der Waals surface area contributed by atoms with Crippen molar-refractivity contribution >= 4 is 0 Å². The van der Waals surface area contributed by atoms with Gasteiger partial charge < -0.3 is 5.32 Å². The zero-order chi connectivity index (χ0) is 9.97. The van der Waals surface area contributed by atoms with Gasteiger partial charge in [-0.3, -0.25) is 4.90 Å². The summed E-state index contributed by atoms with van der Waals surface area (Å²) in [5, 5.41) is 3.42. The average Bonchev–Trinajstić information content (AvgIpc) is 2.85.